The van der Waals surface area contributed by atoms with Gasteiger partial charge >= 0.3 is 0 Å². The summed E-state index contributed by atoms with van der Waals surface area (Å²) in [5.74, 6) is 0.233. The van der Waals surface area contributed by atoms with Crippen LogP contribution < -0.4 is 5.32 Å². The third-order valence-corrected chi connectivity index (χ3v) is 5.00. The molecule has 1 saturated heterocycles. The summed E-state index contributed by atoms with van der Waals surface area (Å²) in [5, 5.41) is 2.80. The molecule has 2 aromatic rings. The molecule has 3 heterocycles. The fourth-order valence-corrected chi connectivity index (χ4v) is 3.61. The normalized spacial score (nSPS) is 17.7. The second-order valence-electron chi connectivity index (χ2n) is 6.83. The Morgan fingerprint density at radius 3 is 2.85 bits per heavy atom. The highest BCUT2D eigenvalue weighted by molar-refractivity contribution is 5.91. The Bertz CT molecular complexity index is 721. The summed E-state index contributed by atoms with van der Waals surface area (Å²) in [6.07, 6.45) is 8.97. The molecule has 0 spiro atoms. The Balaban J connectivity index is 1.53. The van der Waals surface area contributed by atoms with Crippen molar-refractivity contribution in [1.29, 1.82) is 0 Å². The Hall–Kier alpha value is -2.50. The number of amides is 2. The first-order valence-electron chi connectivity index (χ1n) is 9.39. The first-order chi connectivity index (χ1) is 12.7. The lowest BCUT2D eigenvalue weighted by Crippen LogP contribution is -2.36. The molecule has 6 heteroatoms. The smallest absolute Gasteiger partial charge is 0.286 e. The van der Waals surface area contributed by atoms with Gasteiger partial charge in [-0.3, -0.25) is 9.59 Å². The first kappa shape index (κ1) is 18.3. The third-order valence-electron chi connectivity index (χ3n) is 5.00. The second kappa shape index (κ2) is 8.74. The van der Waals surface area contributed by atoms with Gasteiger partial charge in [0.05, 0.1) is 12.3 Å². The SMILES string of the molecule is Cn1cccc1[C@H]1CCCCCN1C(=O)CCCNC(=O)c1ccco1. The lowest BCUT2D eigenvalue weighted by molar-refractivity contribution is -0.133. The highest BCUT2D eigenvalue weighted by Crippen LogP contribution is 2.30. The number of aromatic nitrogens is 1. The molecule has 3 rings (SSSR count). The van der Waals surface area contributed by atoms with Crippen molar-refractivity contribution < 1.29 is 14.0 Å². The molecule has 0 aromatic carbocycles. The van der Waals surface area contributed by atoms with Gasteiger partial charge in [-0.25, -0.2) is 0 Å². The van der Waals surface area contributed by atoms with Crippen molar-refractivity contribution in [2.45, 2.75) is 44.6 Å². The van der Waals surface area contributed by atoms with E-state index >= 15 is 0 Å². The Kier molecular flexibility index (Phi) is 6.15. The average molecular weight is 357 g/mol. The van der Waals surface area contributed by atoms with Crippen LogP contribution in [-0.4, -0.2) is 34.4 Å². The number of carbonyl (C=O) groups excluding carboxylic acids is 2. The predicted molar refractivity (Wildman–Crippen MR) is 98.6 cm³/mol. The van der Waals surface area contributed by atoms with Gasteiger partial charge in [-0.1, -0.05) is 12.8 Å². The van der Waals surface area contributed by atoms with Crippen molar-refractivity contribution >= 4 is 11.8 Å². The molecule has 1 atom stereocenters. The number of nitrogens with zero attached hydrogens (tertiary/aromatic N) is 2. The fraction of sp³-hybridized carbons (Fsp3) is 0.500. The van der Waals surface area contributed by atoms with Crippen LogP contribution in [0.5, 0.6) is 0 Å². The molecule has 0 radical (unpaired) electrons. The number of aryl methyl sites for hydroxylation is 1. The predicted octanol–water partition coefficient (Wildman–Crippen LogP) is 3.27. The van der Waals surface area contributed by atoms with Crippen LogP contribution in [-0.2, 0) is 11.8 Å². The van der Waals surface area contributed by atoms with E-state index in [1.807, 2.05) is 24.2 Å². The summed E-state index contributed by atoms with van der Waals surface area (Å²) >= 11 is 0. The van der Waals surface area contributed by atoms with Crippen molar-refractivity contribution in [1.82, 2.24) is 14.8 Å². The number of likely N-dealkylation sites (tertiary alicyclic amines) is 1. The van der Waals surface area contributed by atoms with Crippen molar-refractivity contribution in [3.8, 4) is 0 Å². The summed E-state index contributed by atoms with van der Waals surface area (Å²) < 4.78 is 7.17. The Morgan fingerprint density at radius 2 is 2.12 bits per heavy atom. The summed E-state index contributed by atoms with van der Waals surface area (Å²) in [5.41, 5.74) is 1.20. The molecule has 1 aliphatic rings. The van der Waals surface area contributed by atoms with Gasteiger partial charge < -0.3 is 19.2 Å². The van der Waals surface area contributed by atoms with Gasteiger partial charge in [0.15, 0.2) is 5.76 Å². The molecule has 0 saturated carbocycles. The van der Waals surface area contributed by atoms with Gasteiger partial charge in [0.1, 0.15) is 0 Å². The van der Waals surface area contributed by atoms with E-state index in [2.05, 4.69) is 16.0 Å². The van der Waals surface area contributed by atoms with E-state index in [0.717, 1.165) is 25.8 Å². The lowest BCUT2D eigenvalue weighted by Gasteiger charge is -2.31. The standard InChI is InChI=1S/C20H27N3O3/c1-22-13-6-9-16(22)17-8-3-2-4-14-23(17)19(24)11-5-12-21-20(25)18-10-7-15-26-18/h6-7,9-10,13,15,17H,2-5,8,11-12,14H2,1H3,(H,21,25)/t17-/m1/s1. The van der Waals surface area contributed by atoms with Crippen molar-refractivity contribution in [2.24, 2.45) is 7.05 Å². The van der Waals surface area contributed by atoms with Crippen LogP contribution in [0, 0.1) is 0 Å². The van der Waals surface area contributed by atoms with Gasteiger partial charge in [-0.05, 0) is 43.5 Å². The number of furan rings is 1. The summed E-state index contributed by atoms with van der Waals surface area (Å²) in [6.45, 7) is 1.28. The summed E-state index contributed by atoms with van der Waals surface area (Å²) in [4.78, 5) is 26.7. The van der Waals surface area contributed by atoms with Crippen LogP contribution in [0.25, 0.3) is 0 Å². The van der Waals surface area contributed by atoms with Gasteiger partial charge in [-0.15, -0.1) is 0 Å². The van der Waals surface area contributed by atoms with Gasteiger partial charge in [0, 0.05) is 38.4 Å². The minimum atomic E-state index is -0.237. The molecule has 0 unspecified atom stereocenters. The maximum absolute atomic E-state index is 12.8. The molecule has 0 bridgehead atoms. The van der Waals surface area contributed by atoms with E-state index in [1.165, 1.54) is 18.4 Å². The minimum absolute atomic E-state index is 0.155. The van der Waals surface area contributed by atoms with E-state index in [0.29, 0.717) is 25.1 Å². The van der Waals surface area contributed by atoms with E-state index < -0.39 is 0 Å². The molecule has 1 N–H and O–H groups in total. The largest absolute Gasteiger partial charge is 0.459 e. The monoisotopic (exact) mass is 357 g/mol. The molecule has 1 aliphatic heterocycles. The zero-order chi connectivity index (χ0) is 18.4. The fourth-order valence-electron chi connectivity index (χ4n) is 3.61. The average Bonchev–Trinajstić information content (AvgIpc) is 3.25. The zero-order valence-electron chi connectivity index (χ0n) is 15.3. The second-order valence-corrected chi connectivity index (χ2v) is 6.83. The van der Waals surface area contributed by atoms with Crippen LogP contribution in [0.1, 0.15) is 60.8 Å². The quantitative estimate of drug-likeness (QED) is 0.807. The van der Waals surface area contributed by atoms with Crippen LogP contribution in [0.2, 0.25) is 0 Å². The van der Waals surface area contributed by atoms with Gasteiger partial charge in [0.2, 0.25) is 5.91 Å². The topological polar surface area (TPSA) is 67.5 Å². The number of nitrogens with one attached hydrogen (secondary N) is 1. The highest BCUT2D eigenvalue weighted by Gasteiger charge is 2.27. The number of carbonyl (C=O) groups is 2. The van der Waals surface area contributed by atoms with Crippen LogP contribution >= 0.6 is 0 Å². The maximum atomic E-state index is 12.8. The van der Waals surface area contributed by atoms with Crippen LogP contribution in [0.15, 0.2) is 41.1 Å². The number of hydrogen-bond acceptors (Lipinski definition) is 3. The van der Waals surface area contributed by atoms with E-state index in [9.17, 15) is 9.59 Å². The van der Waals surface area contributed by atoms with Gasteiger partial charge in [0.25, 0.3) is 5.91 Å². The van der Waals surface area contributed by atoms with Crippen molar-refractivity contribution in [2.75, 3.05) is 13.1 Å². The molecule has 2 amide bonds. The summed E-state index contributed by atoms with van der Waals surface area (Å²) in [7, 11) is 2.03. The van der Waals surface area contributed by atoms with Crippen LogP contribution in [0.3, 0.4) is 0 Å². The molecular formula is C20H27N3O3. The van der Waals surface area contributed by atoms with E-state index in [1.54, 1.807) is 12.1 Å². The van der Waals surface area contributed by atoms with Crippen LogP contribution in [0.4, 0.5) is 0 Å². The molecule has 0 aliphatic carbocycles. The first-order valence-corrected chi connectivity index (χ1v) is 9.39. The van der Waals surface area contributed by atoms with Gasteiger partial charge in [-0.2, -0.15) is 0 Å². The van der Waals surface area contributed by atoms with E-state index in [-0.39, 0.29) is 17.9 Å². The van der Waals surface area contributed by atoms with Crippen molar-refractivity contribution in [3.05, 3.63) is 48.2 Å². The summed E-state index contributed by atoms with van der Waals surface area (Å²) in [6, 6.07) is 7.61. The molecule has 26 heavy (non-hydrogen) atoms. The molecule has 6 nitrogen and oxygen atoms in total. The maximum Gasteiger partial charge on any atom is 0.286 e. The van der Waals surface area contributed by atoms with Crippen molar-refractivity contribution in [3.63, 3.8) is 0 Å². The number of rotatable bonds is 6. The molecule has 1 fully saturated rings. The Morgan fingerprint density at radius 1 is 1.23 bits per heavy atom. The zero-order valence-corrected chi connectivity index (χ0v) is 15.3. The molecular weight excluding hydrogens is 330 g/mol. The minimum Gasteiger partial charge on any atom is -0.459 e. The molecule has 140 valence electrons. The Labute approximate surface area is 154 Å². The number of hydrogen-bond donors (Lipinski definition) is 1. The third kappa shape index (κ3) is 4.36. The van der Waals surface area contributed by atoms with E-state index in [4.69, 9.17) is 4.42 Å². The molecule has 2 aromatic heterocycles. The lowest BCUT2D eigenvalue weighted by atomic mass is 10.1. The highest BCUT2D eigenvalue weighted by atomic mass is 16.3.